The fourth-order valence-corrected chi connectivity index (χ4v) is 3.62. The second-order valence-corrected chi connectivity index (χ2v) is 7.70. The summed E-state index contributed by atoms with van der Waals surface area (Å²) in [4.78, 5) is 15.0. The Kier molecular flexibility index (Phi) is 8.67. The van der Waals surface area contributed by atoms with E-state index in [-0.39, 0.29) is 23.2 Å². The van der Waals surface area contributed by atoms with Crippen molar-refractivity contribution in [3.8, 4) is 0 Å². The van der Waals surface area contributed by atoms with Gasteiger partial charge >= 0.3 is 0 Å². The number of hydrogen-bond donors (Lipinski definition) is 1. The molecule has 1 aromatic heterocycles. The summed E-state index contributed by atoms with van der Waals surface area (Å²) in [5, 5.41) is 2.85. The Morgan fingerprint density at radius 1 is 1.15 bits per heavy atom. The number of rotatable bonds is 11. The zero-order valence-electron chi connectivity index (χ0n) is 15.9. The van der Waals surface area contributed by atoms with Crippen molar-refractivity contribution >= 4 is 16.7 Å². The van der Waals surface area contributed by atoms with Crippen LogP contribution in [-0.2, 0) is 16.6 Å². The first-order valence-corrected chi connectivity index (χ1v) is 10.6. The number of unbranched alkanes of at least 4 members (excludes halogenated alkanes) is 1. The smallest absolute Gasteiger partial charge is 0.287 e. The van der Waals surface area contributed by atoms with Crippen LogP contribution in [0.4, 0.5) is 4.39 Å². The number of benzene rings is 1. The van der Waals surface area contributed by atoms with Gasteiger partial charge in [-0.15, -0.1) is 0 Å². The van der Waals surface area contributed by atoms with Crippen molar-refractivity contribution in [1.29, 1.82) is 0 Å². The van der Waals surface area contributed by atoms with Crippen LogP contribution in [0.5, 0.6) is 0 Å². The second-order valence-electron chi connectivity index (χ2n) is 6.25. The van der Waals surface area contributed by atoms with E-state index in [0.717, 1.165) is 32.5 Å². The number of nitrogens with one attached hydrogen (secondary N) is 1. The van der Waals surface area contributed by atoms with Crippen molar-refractivity contribution in [2.45, 2.75) is 37.3 Å². The van der Waals surface area contributed by atoms with E-state index in [9.17, 15) is 13.4 Å². The molecule has 0 aliphatic heterocycles. The first-order valence-electron chi connectivity index (χ1n) is 9.26. The van der Waals surface area contributed by atoms with E-state index in [1.807, 2.05) is 0 Å². The minimum atomic E-state index is -1.36. The highest BCUT2D eigenvalue weighted by molar-refractivity contribution is 7.84. The van der Waals surface area contributed by atoms with Gasteiger partial charge < -0.3 is 14.6 Å². The summed E-state index contributed by atoms with van der Waals surface area (Å²) in [6.07, 6.45) is 2.30. The van der Waals surface area contributed by atoms with Crippen molar-refractivity contribution in [3.05, 3.63) is 53.7 Å². The van der Waals surface area contributed by atoms with Crippen molar-refractivity contribution < 1.29 is 17.8 Å². The van der Waals surface area contributed by atoms with Gasteiger partial charge in [0.25, 0.3) is 5.91 Å². The molecule has 0 bridgehead atoms. The van der Waals surface area contributed by atoms with Crippen molar-refractivity contribution in [3.63, 3.8) is 0 Å². The number of furan rings is 1. The van der Waals surface area contributed by atoms with Gasteiger partial charge in [0.15, 0.2) is 5.76 Å². The van der Waals surface area contributed by atoms with Crippen LogP contribution < -0.4 is 5.32 Å². The summed E-state index contributed by atoms with van der Waals surface area (Å²) in [5.41, 5.74) is 0. The van der Waals surface area contributed by atoms with E-state index in [0.29, 0.717) is 17.2 Å². The molecule has 0 fully saturated rings. The Labute approximate surface area is 162 Å². The van der Waals surface area contributed by atoms with E-state index in [4.69, 9.17) is 4.42 Å². The molecule has 27 heavy (non-hydrogen) atoms. The molecule has 0 aliphatic rings. The molecule has 1 amide bonds. The standard InChI is InChI=1S/C20H27FN2O3S/c1-3-5-13-23(4-2)14-12-22-20(24)19-11-8-17(26-19)15-27(25)18-9-6-16(21)7-10-18/h6-11H,3-5,12-15H2,1-2H3,(H,22,24)/t27-/m1/s1. The quantitative estimate of drug-likeness (QED) is 0.633. The zero-order valence-corrected chi connectivity index (χ0v) is 16.7. The molecule has 1 atom stereocenters. The highest BCUT2D eigenvalue weighted by atomic mass is 32.2. The summed E-state index contributed by atoms with van der Waals surface area (Å²) in [6.45, 7) is 7.60. The Balaban J connectivity index is 1.82. The van der Waals surface area contributed by atoms with Crippen LogP contribution >= 0.6 is 0 Å². The fourth-order valence-electron chi connectivity index (χ4n) is 2.60. The lowest BCUT2D eigenvalue weighted by atomic mass is 10.3. The highest BCUT2D eigenvalue weighted by Crippen LogP contribution is 2.15. The Bertz CT molecular complexity index is 746. The van der Waals surface area contributed by atoms with Crippen LogP contribution in [0.15, 0.2) is 45.7 Å². The molecule has 0 aliphatic carbocycles. The van der Waals surface area contributed by atoms with Crippen molar-refractivity contribution in [2.24, 2.45) is 0 Å². The third kappa shape index (κ3) is 6.92. The first kappa shape index (κ1) is 21.3. The van der Waals surface area contributed by atoms with Gasteiger partial charge in [0, 0.05) is 18.0 Å². The molecule has 0 unspecified atom stereocenters. The molecule has 2 aromatic rings. The summed E-state index contributed by atoms with van der Waals surface area (Å²) in [5.74, 6) is 0.155. The lowest BCUT2D eigenvalue weighted by molar-refractivity contribution is 0.0919. The Hall–Kier alpha value is -1.99. The predicted octanol–water partition coefficient (Wildman–Crippen LogP) is 3.58. The van der Waals surface area contributed by atoms with Gasteiger partial charge in [-0.1, -0.05) is 20.3 Å². The van der Waals surface area contributed by atoms with Crippen LogP contribution in [0.3, 0.4) is 0 Å². The highest BCUT2D eigenvalue weighted by Gasteiger charge is 2.14. The van der Waals surface area contributed by atoms with E-state index in [1.165, 1.54) is 24.3 Å². The van der Waals surface area contributed by atoms with Crippen molar-refractivity contribution in [2.75, 3.05) is 26.2 Å². The third-order valence-electron chi connectivity index (χ3n) is 4.22. The van der Waals surface area contributed by atoms with Gasteiger partial charge in [0.1, 0.15) is 11.6 Å². The number of carbonyl (C=O) groups excluding carboxylic acids is 1. The van der Waals surface area contributed by atoms with E-state index in [1.54, 1.807) is 12.1 Å². The molecule has 1 aromatic carbocycles. The van der Waals surface area contributed by atoms with Crippen molar-refractivity contribution in [1.82, 2.24) is 10.2 Å². The number of hydrogen-bond acceptors (Lipinski definition) is 4. The van der Waals surface area contributed by atoms with Gasteiger partial charge in [0.05, 0.1) is 16.6 Å². The fraction of sp³-hybridized carbons (Fsp3) is 0.450. The SMILES string of the molecule is CCCCN(CC)CCNC(=O)c1ccc(C[S@@](=O)c2ccc(F)cc2)o1. The largest absolute Gasteiger partial charge is 0.455 e. The maximum absolute atomic E-state index is 12.9. The third-order valence-corrected chi connectivity index (χ3v) is 5.57. The zero-order chi connectivity index (χ0) is 19.6. The maximum Gasteiger partial charge on any atom is 0.287 e. The lowest BCUT2D eigenvalue weighted by Crippen LogP contribution is -2.35. The molecule has 5 nitrogen and oxygen atoms in total. The molecule has 148 valence electrons. The molecule has 0 radical (unpaired) electrons. The lowest BCUT2D eigenvalue weighted by Gasteiger charge is -2.19. The molecule has 0 saturated heterocycles. The average molecular weight is 395 g/mol. The predicted molar refractivity (Wildman–Crippen MR) is 105 cm³/mol. The number of halogens is 1. The van der Waals surface area contributed by atoms with Crippen LogP contribution in [0.1, 0.15) is 43.0 Å². The first-order chi connectivity index (χ1) is 13.0. The number of carbonyl (C=O) groups is 1. The number of nitrogens with zero attached hydrogens (tertiary/aromatic N) is 1. The van der Waals surface area contributed by atoms with Gasteiger partial charge in [0.2, 0.25) is 0 Å². The average Bonchev–Trinajstić information content (AvgIpc) is 3.13. The van der Waals surface area contributed by atoms with Crippen LogP contribution in [0.25, 0.3) is 0 Å². The maximum atomic E-state index is 12.9. The minimum Gasteiger partial charge on any atom is -0.455 e. The monoisotopic (exact) mass is 394 g/mol. The second kappa shape index (κ2) is 11.0. The minimum absolute atomic E-state index is 0.138. The van der Waals surface area contributed by atoms with Gasteiger partial charge in [-0.05, 0) is 55.9 Å². The molecular formula is C20H27FN2O3S. The summed E-state index contributed by atoms with van der Waals surface area (Å²) in [6, 6.07) is 8.75. The number of likely N-dealkylation sites (N-methyl/N-ethyl adjacent to an activating group) is 1. The number of amides is 1. The molecular weight excluding hydrogens is 367 g/mol. The molecule has 7 heteroatoms. The van der Waals surface area contributed by atoms with E-state index < -0.39 is 10.8 Å². The van der Waals surface area contributed by atoms with Gasteiger partial charge in [-0.25, -0.2) is 4.39 Å². The van der Waals surface area contributed by atoms with Crippen LogP contribution in [0.2, 0.25) is 0 Å². The molecule has 0 saturated carbocycles. The Morgan fingerprint density at radius 3 is 2.56 bits per heavy atom. The summed E-state index contributed by atoms with van der Waals surface area (Å²) < 4.78 is 30.8. The van der Waals surface area contributed by atoms with Gasteiger partial charge in [-0.2, -0.15) is 0 Å². The van der Waals surface area contributed by atoms with E-state index in [2.05, 4.69) is 24.1 Å². The normalized spacial score (nSPS) is 12.3. The summed E-state index contributed by atoms with van der Waals surface area (Å²) >= 11 is 0. The Morgan fingerprint density at radius 2 is 1.89 bits per heavy atom. The molecule has 1 N–H and O–H groups in total. The topological polar surface area (TPSA) is 62.6 Å². The summed E-state index contributed by atoms with van der Waals surface area (Å²) in [7, 11) is -1.36. The van der Waals surface area contributed by atoms with E-state index >= 15 is 0 Å². The molecule has 0 spiro atoms. The van der Waals surface area contributed by atoms with Crippen LogP contribution in [-0.4, -0.2) is 41.2 Å². The molecule has 2 rings (SSSR count). The molecule has 1 heterocycles. The van der Waals surface area contributed by atoms with Crippen LogP contribution in [0, 0.1) is 5.82 Å². The van der Waals surface area contributed by atoms with Gasteiger partial charge in [-0.3, -0.25) is 9.00 Å².